The Bertz CT molecular complexity index is 1060. The van der Waals surface area contributed by atoms with Crippen LogP contribution in [0.4, 0.5) is 23.3 Å². The molecule has 2 aromatic heterocycles. The van der Waals surface area contributed by atoms with Crippen LogP contribution in [0.5, 0.6) is 0 Å². The molecule has 2 N–H and O–H groups in total. The van der Waals surface area contributed by atoms with Crippen molar-refractivity contribution < 1.29 is 4.79 Å². The summed E-state index contributed by atoms with van der Waals surface area (Å²) in [4.78, 5) is 30.1. The second-order valence-corrected chi connectivity index (χ2v) is 9.06. The fourth-order valence-corrected chi connectivity index (χ4v) is 4.92. The Hall–Kier alpha value is -3.08. The number of nitrogens with one attached hydrogen (secondary N) is 2. The molecular formula is C23H30N8O2. The van der Waals surface area contributed by atoms with Gasteiger partial charge in [0.15, 0.2) is 0 Å². The molecule has 0 aromatic carbocycles. The maximum Gasteiger partial charge on any atom is 0.308 e. The molecule has 10 heteroatoms. The number of pyridine rings is 1. The smallest absolute Gasteiger partial charge is 0.308 e. The van der Waals surface area contributed by atoms with Crippen molar-refractivity contribution >= 4 is 35.3 Å². The van der Waals surface area contributed by atoms with E-state index in [1.165, 1.54) is 4.90 Å². The van der Waals surface area contributed by atoms with E-state index in [4.69, 9.17) is 0 Å². The van der Waals surface area contributed by atoms with E-state index in [1.54, 1.807) is 26.4 Å². The summed E-state index contributed by atoms with van der Waals surface area (Å²) in [6.07, 6.45) is 8.66. The van der Waals surface area contributed by atoms with Gasteiger partial charge in [-0.15, -0.1) is 0 Å². The van der Waals surface area contributed by atoms with Crippen molar-refractivity contribution in [1.82, 2.24) is 29.8 Å². The van der Waals surface area contributed by atoms with Gasteiger partial charge in [0.05, 0.1) is 23.5 Å². The molecule has 2 aromatic rings. The largest absolute Gasteiger partial charge is 0.620 e. The van der Waals surface area contributed by atoms with Crippen molar-refractivity contribution in [3.63, 3.8) is 0 Å². The van der Waals surface area contributed by atoms with Crippen LogP contribution in [0.2, 0.25) is 0 Å². The highest BCUT2D eigenvalue weighted by Crippen LogP contribution is 2.45. The zero-order chi connectivity index (χ0) is 23.0. The third kappa shape index (κ3) is 3.94. The van der Waals surface area contributed by atoms with Gasteiger partial charge in [-0.1, -0.05) is 0 Å². The molecular weight excluding hydrogens is 420 g/mol. The van der Waals surface area contributed by atoms with Gasteiger partial charge in [0.1, 0.15) is 5.82 Å². The summed E-state index contributed by atoms with van der Waals surface area (Å²) < 4.78 is -0.807. The van der Waals surface area contributed by atoms with Crippen LogP contribution in [-0.2, 0) is 4.79 Å². The molecule has 0 radical (unpaired) electrons. The molecule has 2 aliphatic heterocycles. The molecule has 1 amide bonds. The summed E-state index contributed by atoms with van der Waals surface area (Å²) in [5.41, 5.74) is 1.89. The number of hydroxylamine groups is 2. The topological polar surface area (TPSA) is 109 Å². The predicted molar refractivity (Wildman–Crippen MR) is 129 cm³/mol. The maximum absolute atomic E-state index is 14.3. The van der Waals surface area contributed by atoms with Gasteiger partial charge in [0, 0.05) is 65.4 Å². The standard InChI is InChI=1S/C23H30N8O2/c1-29(2)22(32)19-13-16-14-26-23(28-21(16)31(19,33)18-5-3-4-6-18)27-20-8-7-17(15-25-20)30-11-9-24-10-12-30/h7-8,13-15,18,24H,3-6,9-12H2,1-2H3,(H,25,26,27,28). The summed E-state index contributed by atoms with van der Waals surface area (Å²) >= 11 is 0. The number of quaternary nitrogens is 1. The Morgan fingerprint density at radius 1 is 1.18 bits per heavy atom. The molecule has 1 aliphatic carbocycles. The van der Waals surface area contributed by atoms with Crippen LogP contribution in [0, 0.1) is 5.21 Å². The zero-order valence-corrected chi connectivity index (χ0v) is 19.1. The number of carbonyl (C=O) groups is 1. The van der Waals surface area contributed by atoms with Crippen LogP contribution in [0.15, 0.2) is 30.2 Å². The molecule has 5 rings (SSSR count). The number of fused-ring (bicyclic) bond motifs is 1. The Balaban J connectivity index is 1.41. The van der Waals surface area contributed by atoms with E-state index >= 15 is 0 Å². The molecule has 10 nitrogen and oxygen atoms in total. The molecule has 33 heavy (non-hydrogen) atoms. The molecule has 1 atom stereocenters. The fourth-order valence-electron chi connectivity index (χ4n) is 4.92. The van der Waals surface area contributed by atoms with Gasteiger partial charge >= 0.3 is 5.91 Å². The van der Waals surface area contributed by atoms with E-state index in [0.717, 1.165) is 57.5 Å². The van der Waals surface area contributed by atoms with Crippen LogP contribution in [0.25, 0.3) is 6.08 Å². The first-order valence-electron chi connectivity index (χ1n) is 11.6. The van der Waals surface area contributed by atoms with Gasteiger partial charge in [0.2, 0.25) is 17.5 Å². The number of aromatic nitrogens is 3. The highest BCUT2D eigenvalue weighted by molar-refractivity contribution is 6.03. The van der Waals surface area contributed by atoms with Crippen molar-refractivity contribution in [2.45, 2.75) is 31.7 Å². The van der Waals surface area contributed by atoms with Gasteiger partial charge in [-0.05, 0) is 25.0 Å². The van der Waals surface area contributed by atoms with E-state index in [9.17, 15) is 10.0 Å². The number of hydrogen-bond acceptors (Lipinski definition) is 8. The number of rotatable bonds is 5. The normalized spacial score (nSPS) is 22.8. The third-order valence-corrected chi connectivity index (χ3v) is 6.69. The second-order valence-electron chi connectivity index (χ2n) is 9.06. The zero-order valence-electron chi connectivity index (χ0n) is 19.1. The van der Waals surface area contributed by atoms with E-state index in [2.05, 4.69) is 30.5 Å². The molecule has 4 heterocycles. The SMILES string of the molecule is CN(C)C(=O)C1=Cc2cnc(Nc3ccc(N4CCNCC4)cn3)nc2[N+]1([O-])C1CCCC1. The van der Waals surface area contributed by atoms with E-state index in [1.807, 2.05) is 18.3 Å². The van der Waals surface area contributed by atoms with Gasteiger partial charge in [0.25, 0.3) is 0 Å². The molecule has 0 bridgehead atoms. The highest BCUT2D eigenvalue weighted by atomic mass is 16.6. The van der Waals surface area contributed by atoms with Crippen LogP contribution in [0.3, 0.4) is 0 Å². The van der Waals surface area contributed by atoms with Gasteiger partial charge < -0.3 is 25.6 Å². The van der Waals surface area contributed by atoms with Crippen LogP contribution < -0.4 is 20.2 Å². The van der Waals surface area contributed by atoms with Crippen molar-refractivity contribution in [1.29, 1.82) is 0 Å². The number of likely N-dealkylation sites (N-methyl/N-ethyl adjacent to an activating group) is 1. The van der Waals surface area contributed by atoms with Crippen molar-refractivity contribution in [2.24, 2.45) is 0 Å². The Kier molecular flexibility index (Phi) is 5.73. The lowest BCUT2D eigenvalue weighted by Crippen LogP contribution is -2.52. The van der Waals surface area contributed by atoms with E-state index < -0.39 is 4.65 Å². The minimum Gasteiger partial charge on any atom is -0.620 e. The van der Waals surface area contributed by atoms with Crippen LogP contribution in [0.1, 0.15) is 31.2 Å². The van der Waals surface area contributed by atoms with Crippen molar-refractivity contribution in [2.75, 3.05) is 50.5 Å². The van der Waals surface area contributed by atoms with Gasteiger partial charge in [-0.25, -0.2) is 9.97 Å². The highest BCUT2D eigenvalue weighted by Gasteiger charge is 2.47. The quantitative estimate of drug-likeness (QED) is 0.527. The van der Waals surface area contributed by atoms with Crippen LogP contribution in [-0.4, -0.2) is 72.1 Å². The summed E-state index contributed by atoms with van der Waals surface area (Å²) in [7, 11) is 3.33. The van der Waals surface area contributed by atoms with Crippen molar-refractivity contribution in [3.8, 4) is 0 Å². The number of nitrogens with zero attached hydrogens (tertiary/aromatic N) is 6. The average molecular weight is 451 g/mol. The summed E-state index contributed by atoms with van der Waals surface area (Å²) in [6.45, 7) is 3.83. The summed E-state index contributed by atoms with van der Waals surface area (Å²) in [5, 5.41) is 20.8. The number of anilines is 3. The Morgan fingerprint density at radius 2 is 1.94 bits per heavy atom. The monoisotopic (exact) mass is 450 g/mol. The lowest BCUT2D eigenvalue weighted by molar-refractivity contribution is -0.126. The first-order chi connectivity index (χ1) is 16.0. The lowest BCUT2D eigenvalue weighted by Gasteiger charge is -2.44. The van der Waals surface area contributed by atoms with E-state index in [-0.39, 0.29) is 17.6 Å². The first-order valence-corrected chi connectivity index (χ1v) is 11.6. The Labute approximate surface area is 193 Å². The number of piperazine rings is 1. The fraction of sp³-hybridized carbons (Fsp3) is 0.478. The lowest BCUT2D eigenvalue weighted by atomic mass is 10.2. The minimum absolute atomic E-state index is 0.208. The number of hydrogen-bond donors (Lipinski definition) is 2. The molecule has 174 valence electrons. The number of amides is 1. The minimum atomic E-state index is -0.807. The van der Waals surface area contributed by atoms with Crippen LogP contribution >= 0.6 is 0 Å². The predicted octanol–water partition coefficient (Wildman–Crippen LogP) is 2.22. The second kappa shape index (κ2) is 8.69. The number of carbonyl (C=O) groups excluding carboxylic acids is 1. The van der Waals surface area contributed by atoms with Gasteiger partial charge in [-0.3, -0.25) is 9.44 Å². The molecule has 3 aliphatic rings. The maximum atomic E-state index is 14.3. The molecule has 2 fully saturated rings. The average Bonchev–Trinajstić information content (AvgIpc) is 3.48. The molecule has 0 spiro atoms. The van der Waals surface area contributed by atoms with Crippen molar-refractivity contribution in [3.05, 3.63) is 41.0 Å². The van der Waals surface area contributed by atoms with Gasteiger partial charge in [-0.2, -0.15) is 4.98 Å². The summed E-state index contributed by atoms with van der Waals surface area (Å²) in [6, 6.07) is 3.71. The summed E-state index contributed by atoms with van der Waals surface area (Å²) in [5.74, 6) is 0.963. The third-order valence-electron chi connectivity index (χ3n) is 6.69. The molecule has 1 unspecified atom stereocenters. The Morgan fingerprint density at radius 3 is 2.61 bits per heavy atom. The molecule has 1 saturated carbocycles. The molecule has 1 saturated heterocycles. The first kappa shape index (κ1) is 21.7. The van der Waals surface area contributed by atoms with E-state index in [0.29, 0.717) is 23.1 Å².